The third kappa shape index (κ3) is 15.8. The van der Waals surface area contributed by atoms with Crippen molar-refractivity contribution < 1.29 is 9.53 Å². The second-order valence-electron chi connectivity index (χ2n) is 9.51. The molecule has 0 saturated carbocycles. The molecule has 4 nitrogen and oxygen atoms in total. The Labute approximate surface area is 168 Å². The zero-order valence-corrected chi connectivity index (χ0v) is 18.1. The van der Waals surface area contributed by atoms with Crippen molar-refractivity contribution in [3.8, 4) is 0 Å². The van der Waals surface area contributed by atoms with E-state index in [1.54, 1.807) is 0 Å². The third-order valence-electron chi connectivity index (χ3n) is 3.49. The molecular weight excluding hydrogens is 344 g/mol. The second-order valence-corrected chi connectivity index (χ2v) is 11.3. The number of carbonyl (C=O) groups excluding carboxylic acids is 1. The van der Waals surface area contributed by atoms with Crippen molar-refractivity contribution in [3.05, 3.63) is 0 Å². The maximum atomic E-state index is 10.7. The molecule has 1 aliphatic heterocycles. The van der Waals surface area contributed by atoms with Crippen LogP contribution in [0.1, 0.15) is 90.0 Å². The topological polar surface area (TPSA) is 64.3 Å². The summed E-state index contributed by atoms with van der Waals surface area (Å²) in [4.78, 5) is 10.7. The molecule has 0 aromatic heterocycles. The van der Waals surface area contributed by atoms with Crippen LogP contribution in [0.15, 0.2) is 0 Å². The first-order valence-electron chi connectivity index (χ1n) is 9.02. The number of carbonyl (C=O) groups is 1. The van der Waals surface area contributed by atoms with E-state index in [0.717, 1.165) is 18.6 Å². The molecule has 0 aromatic carbocycles. The van der Waals surface area contributed by atoms with Crippen LogP contribution in [0, 0.1) is 11.8 Å². The van der Waals surface area contributed by atoms with Gasteiger partial charge < -0.3 is 15.8 Å². The minimum absolute atomic E-state index is 0. The highest BCUT2D eigenvalue weighted by atomic mass is 32.2. The number of hydrogen-bond donors (Lipinski definition) is 2. The Morgan fingerprint density at radius 3 is 1.96 bits per heavy atom. The molecule has 1 rings (SSSR count). The molecule has 3 N–H and O–H groups in total. The molecule has 1 saturated heterocycles. The Balaban J connectivity index is -0.000000381. The summed E-state index contributed by atoms with van der Waals surface area (Å²) in [5.41, 5.74) is 6.06. The van der Waals surface area contributed by atoms with E-state index < -0.39 is 0 Å². The van der Waals surface area contributed by atoms with Gasteiger partial charge in [-0.05, 0) is 38.5 Å². The molecule has 1 amide bonds. The van der Waals surface area contributed by atoms with E-state index in [0.29, 0.717) is 23.2 Å². The maximum Gasteiger partial charge on any atom is 0.407 e. The van der Waals surface area contributed by atoms with Crippen LogP contribution < -0.4 is 11.1 Å². The van der Waals surface area contributed by atoms with Crippen LogP contribution in [0.2, 0.25) is 0 Å². The number of rotatable bonds is 6. The highest BCUT2D eigenvalue weighted by molar-refractivity contribution is 8.00. The van der Waals surface area contributed by atoms with Gasteiger partial charge in [-0.1, -0.05) is 63.3 Å². The van der Waals surface area contributed by atoms with Crippen molar-refractivity contribution in [1.82, 2.24) is 5.32 Å². The van der Waals surface area contributed by atoms with Crippen LogP contribution in [0.5, 0.6) is 0 Å². The van der Waals surface area contributed by atoms with Crippen LogP contribution in [-0.4, -0.2) is 34.3 Å². The fourth-order valence-corrected chi connectivity index (χ4v) is 3.81. The highest BCUT2D eigenvalue weighted by Gasteiger charge is 2.35. The number of ether oxygens (including phenoxy) is 1. The van der Waals surface area contributed by atoms with Gasteiger partial charge >= 0.3 is 6.09 Å². The molecule has 1 fully saturated rings. The molecule has 5 heteroatoms. The average molecular weight is 393 g/mol. The Morgan fingerprint density at radius 1 is 1.15 bits per heavy atom. The lowest BCUT2D eigenvalue weighted by Crippen LogP contribution is -2.41. The molecule has 26 heavy (non-hydrogen) atoms. The van der Waals surface area contributed by atoms with Gasteiger partial charge in [0.25, 0.3) is 0 Å². The average Bonchev–Trinajstić information content (AvgIpc) is 2.64. The first-order valence-corrected chi connectivity index (χ1v) is 10.0. The summed E-state index contributed by atoms with van der Waals surface area (Å²) in [5.74, 6) is 2.33. The maximum absolute atomic E-state index is 10.7. The van der Waals surface area contributed by atoms with Gasteiger partial charge in [0.1, 0.15) is 6.61 Å². The van der Waals surface area contributed by atoms with E-state index in [2.05, 4.69) is 60.7 Å². The van der Waals surface area contributed by atoms with E-state index in [9.17, 15) is 4.79 Å². The summed E-state index contributed by atoms with van der Waals surface area (Å²) < 4.78 is 5.15. The van der Waals surface area contributed by atoms with Crippen molar-refractivity contribution >= 4 is 17.9 Å². The number of hydrogen-bond acceptors (Lipinski definition) is 4. The van der Waals surface area contributed by atoms with Crippen LogP contribution in [0.25, 0.3) is 0 Å². The lowest BCUT2D eigenvalue weighted by molar-refractivity contribution is 0.171. The monoisotopic (exact) mass is 392 g/mol. The Bertz CT molecular complexity index is 390. The van der Waals surface area contributed by atoms with Crippen molar-refractivity contribution in [1.29, 1.82) is 0 Å². The predicted octanol–water partition coefficient (Wildman–Crippen LogP) is 6.08. The van der Waals surface area contributed by atoms with E-state index in [1.165, 1.54) is 0 Å². The van der Waals surface area contributed by atoms with Crippen molar-refractivity contribution in [2.75, 3.05) is 12.4 Å². The van der Waals surface area contributed by atoms with E-state index in [4.69, 9.17) is 10.5 Å². The lowest BCUT2D eigenvalue weighted by Gasteiger charge is -2.29. The summed E-state index contributed by atoms with van der Waals surface area (Å²) in [6, 6.07) is 0. The van der Waals surface area contributed by atoms with Gasteiger partial charge in [-0.15, -0.1) is 0 Å². The van der Waals surface area contributed by atoms with Crippen LogP contribution in [0.3, 0.4) is 0 Å². The smallest absolute Gasteiger partial charge is 0.407 e. The molecule has 1 heterocycles. The lowest BCUT2D eigenvalue weighted by atomic mass is 9.92. The minimum atomic E-state index is -0.284. The molecule has 160 valence electrons. The quantitative estimate of drug-likeness (QED) is 0.574. The summed E-state index contributed by atoms with van der Waals surface area (Å²) in [7, 11) is 0. The number of nitrogens with two attached hydrogens (primary N) is 1. The molecule has 2 atom stereocenters. The molecule has 0 radical (unpaired) electrons. The van der Waals surface area contributed by atoms with Gasteiger partial charge in [-0.25, -0.2) is 4.79 Å². The van der Waals surface area contributed by atoms with Gasteiger partial charge in [0.2, 0.25) is 0 Å². The first kappa shape index (κ1) is 30.3. The zero-order valence-electron chi connectivity index (χ0n) is 17.3. The molecule has 0 aromatic rings. The number of alkyl carbamates (subject to hydrolysis) is 1. The van der Waals surface area contributed by atoms with E-state index in [-0.39, 0.29) is 32.0 Å². The fourth-order valence-electron chi connectivity index (χ4n) is 2.93. The Hall–Kier alpha value is -0.420. The van der Waals surface area contributed by atoms with Crippen LogP contribution >= 0.6 is 11.8 Å². The summed E-state index contributed by atoms with van der Waals surface area (Å²) >= 11 is 1.96. The standard InChI is InChI=1S/C11H25NS.C8H15NO2.2CH4/c1-9(2)7-11(6,12)8-13-10(3,4)5;1-6(2)4-8(3)5-11-7(10)9-8;;/h9H,7-8,12H2,1-6H3;6H,4-5H2,1-3H3,(H,9,10);2*1H4/t11-;8-;;/m00../s1. The summed E-state index contributed by atoms with van der Waals surface area (Å²) in [6.07, 6.45) is 1.79. The Kier molecular flexibility index (Phi) is 14.1. The van der Waals surface area contributed by atoms with Gasteiger partial charge in [0.15, 0.2) is 0 Å². The third-order valence-corrected chi connectivity index (χ3v) is 5.16. The molecule has 0 spiro atoms. The van der Waals surface area contributed by atoms with Gasteiger partial charge in [-0.3, -0.25) is 0 Å². The van der Waals surface area contributed by atoms with Crippen molar-refractivity contribution in [3.63, 3.8) is 0 Å². The fraction of sp³-hybridized carbons (Fsp3) is 0.952. The van der Waals surface area contributed by atoms with Crippen molar-refractivity contribution in [2.24, 2.45) is 17.6 Å². The molecule has 0 bridgehead atoms. The normalized spacial score (nSPS) is 21.6. The highest BCUT2D eigenvalue weighted by Crippen LogP contribution is 2.28. The number of amides is 1. The van der Waals surface area contributed by atoms with Crippen LogP contribution in [0.4, 0.5) is 4.79 Å². The minimum Gasteiger partial charge on any atom is -0.447 e. The summed E-state index contributed by atoms with van der Waals surface area (Å²) in [6.45, 7) is 20.1. The number of cyclic esters (lactones) is 1. The summed E-state index contributed by atoms with van der Waals surface area (Å²) in [5, 5.41) is 2.80. The second kappa shape index (κ2) is 12.1. The van der Waals surface area contributed by atoms with Crippen molar-refractivity contribution in [2.45, 2.75) is 106 Å². The zero-order chi connectivity index (χ0) is 19.2. The number of thioether (sulfide) groups is 1. The predicted molar refractivity (Wildman–Crippen MR) is 120 cm³/mol. The largest absolute Gasteiger partial charge is 0.447 e. The van der Waals surface area contributed by atoms with Gasteiger partial charge in [-0.2, -0.15) is 11.8 Å². The Morgan fingerprint density at radius 2 is 1.65 bits per heavy atom. The van der Waals surface area contributed by atoms with Crippen LogP contribution in [-0.2, 0) is 4.74 Å². The van der Waals surface area contributed by atoms with Gasteiger partial charge in [0.05, 0.1) is 5.54 Å². The first-order chi connectivity index (χ1) is 10.6. The van der Waals surface area contributed by atoms with Gasteiger partial charge in [0, 0.05) is 16.0 Å². The molecule has 1 aliphatic rings. The van der Waals surface area contributed by atoms with E-state index in [1.807, 2.05) is 18.7 Å². The van der Waals surface area contributed by atoms with E-state index >= 15 is 0 Å². The SMILES string of the molecule is C.C.CC(C)C[C@@]1(C)COC(=O)N1.CC(C)C[C@](C)(N)CSC(C)(C)C. The molecule has 0 aliphatic carbocycles. The molecule has 0 unspecified atom stereocenters. The number of nitrogens with one attached hydrogen (secondary N) is 1. The molecular formula is C21H48N2O2S.